The number of nitrogens with one attached hydrogen (secondary N) is 2. The lowest BCUT2D eigenvalue weighted by Gasteiger charge is -2.10. The van der Waals surface area contributed by atoms with Gasteiger partial charge in [0.2, 0.25) is 0 Å². The Balaban J connectivity index is 1.60. The molecule has 142 valence electrons. The van der Waals surface area contributed by atoms with Crippen molar-refractivity contribution in [2.24, 2.45) is 5.10 Å². The Morgan fingerprint density at radius 2 is 1.75 bits per heavy atom. The molecular formula is C21H17Cl2N3OS. The molecule has 0 aromatic heterocycles. The number of hydrogen-bond acceptors (Lipinski definition) is 3. The van der Waals surface area contributed by atoms with Gasteiger partial charge in [-0.1, -0.05) is 59.6 Å². The zero-order chi connectivity index (χ0) is 19.8. The molecule has 28 heavy (non-hydrogen) atoms. The van der Waals surface area contributed by atoms with Crippen LogP contribution in [-0.4, -0.2) is 11.3 Å². The first-order valence-electron chi connectivity index (χ1n) is 8.42. The summed E-state index contributed by atoms with van der Waals surface area (Å²) >= 11 is 17.4. The molecule has 3 aromatic carbocycles. The number of hydrazone groups is 1. The van der Waals surface area contributed by atoms with Crippen molar-refractivity contribution in [3.8, 4) is 5.75 Å². The molecule has 7 heteroatoms. The molecule has 3 rings (SSSR count). The first kappa shape index (κ1) is 20.1. The van der Waals surface area contributed by atoms with E-state index in [-0.39, 0.29) is 0 Å². The van der Waals surface area contributed by atoms with Crippen molar-refractivity contribution >= 4 is 52.4 Å². The number of rotatable bonds is 6. The van der Waals surface area contributed by atoms with Crippen LogP contribution in [0.1, 0.15) is 11.1 Å². The monoisotopic (exact) mass is 429 g/mol. The van der Waals surface area contributed by atoms with Gasteiger partial charge >= 0.3 is 0 Å². The van der Waals surface area contributed by atoms with Crippen LogP contribution in [0.2, 0.25) is 10.0 Å². The van der Waals surface area contributed by atoms with E-state index < -0.39 is 0 Å². The van der Waals surface area contributed by atoms with Crippen molar-refractivity contribution in [2.75, 3.05) is 5.32 Å². The minimum atomic E-state index is 0.322. The summed E-state index contributed by atoms with van der Waals surface area (Å²) in [6.07, 6.45) is 1.65. The highest BCUT2D eigenvalue weighted by Gasteiger charge is 2.05. The van der Waals surface area contributed by atoms with Gasteiger partial charge in [-0.3, -0.25) is 5.43 Å². The van der Waals surface area contributed by atoms with Crippen molar-refractivity contribution in [3.05, 3.63) is 94.0 Å². The number of thiocarbonyl (C=S) groups is 1. The Labute approximate surface area is 179 Å². The van der Waals surface area contributed by atoms with Crippen LogP contribution in [0.25, 0.3) is 0 Å². The molecule has 0 unspecified atom stereocenters. The minimum Gasteiger partial charge on any atom is -0.488 e. The summed E-state index contributed by atoms with van der Waals surface area (Å²) in [6, 6.07) is 22.5. The Kier molecular flexibility index (Phi) is 7.25. The minimum absolute atomic E-state index is 0.322. The number of ether oxygens (including phenoxy) is 1. The largest absolute Gasteiger partial charge is 0.488 e. The molecule has 0 aliphatic rings. The van der Waals surface area contributed by atoms with Gasteiger partial charge in [-0.25, -0.2) is 0 Å². The van der Waals surface area contributed by atoms with Crippen LogP contribution in [0.5, 0.6) is 5.75 Å². The quantitative estimate of drug-likeness (QED) is 0.291. The van der Waals surface area contributed by atoms with E-state index in [1.54, 1.807) is 18.3 Å². The van der Waals surface area contributed by atoms with Crippen LogP contribution < -0.4 is 15.5 Å². The van der Waals surface area contributed by atoms with Gasteiger partial charge in [0.25, 0.3) is 0 Å². The predicted molar refractivity (Wildman–Crippen MR) is 121 cm³/mol. The third-order valence-electron chi connectivity index (χ3n) is 3.72. The maximum absolute atomic E-state index is 6.20. The van der Waals surface area contributed by atoms with Crippen LogP contribution >= 0.6 is 35.4 Å². The predicted octanol–water partition coefficient (Wildman–Crippen LogP) is 5.89. The third-order valence-corrected chi connectivity index (χ3v) is 4.50. The van der Waals surface area contributed by atoms with Gasteiger partial charge in [-0.2, -0.15) is 5.10 Å². The molecular weight excluding hydrogens is 413 g/mol. The summed E-state index contributed by atoms with van der Waals surface area (Å²) in [5.74, 6) is 0.681. The topological polar surface area (TPSA) is 45.7 Å². The van der Waals surface area contributed by atoms with E-state index in [2.05, 4.69) is 15.8 Å². The van der Waals surface area contributed by atoms with Gasteiger partial charge in [-0.05, 0) is 48.6 Å². The summed E-state index contributed by atoms with van der Waals surface area (Å²) in [5.41, 5.74) is 5.34. The summed E-state index contributed by atoms with van der Waals surface area (Å²) in [4.78, 5) is 0. The normalized spacial score (nSPS) is 10.6. The number of halogens is 2. The number of benzene rings is 3. The molecule has 4 nitrogen and oxygen atoms in total. The molecule has 3 aromatic rings. The highest BCUT2D eigenvalue weighted by atomic mass is 35.5. The van der Waals surface area contributed by atoms with E-state index in [0.717, 1.165) is 16.8 Å². The van der Waals surface area contributed by atoms with Crippen molar-refractivity contribution in [1.82, 2.24) is 5.43 Å². The zero-order valence-electron chi connectivity index (χ0n) is 14.7. The molecule has 0 atom stereocenters. The maximum Gasteiger partial charge on any atom is 0.191 e. The summed E-state index contributed by atoms with van der Waals surface area (Å²) in [5, 5.41) is 8.78. The standard InChI is InChI=1S/C21H17Cl2N3OS/c22-17-11-10-16(19(23)12-17)14-27-20-9-5-4-6-15(20)13-24-26-21(28)25-18-7-2-1-3-8-18/h1-13H,14H2,(H2,25,26,28)/b24-13+. The van der Waals surface area contributed by atoms with E-state index in [1.165, 1.54) is 0 Å². The molecule has 0 amide bonds. The van der Waals surface area contributed by atoms with Crippen LogP contribution in [0.3, 0.4) is 0 Å². The lowest BCUT2D eigenvalue weighted by molar-refractivity contribution is 0.306. The van der Waals surface area contributed by atoms with Crippen molar-refractivity contribution < 1.29 is 4.74 Å². The van der Waals surface area contributed by atoms with E-state index in [4.69, 9.17) is 40.2 Å². The number of anilines is 1. The van der Waals surface area contributed by atoms with Crippen LogP contribution in [-0.2, 0) is 6.61 Å². The van der Waals surface area contributed by atoms with Gasteiger partial charge in [-0.15, -0.1) is 0 Å². The molecule has 0 fully saturated rings. The van der Waals surface area contributed by atoms with Crippen LogP contribution in [0.4, 0.5) is 5.69 Å². The Morgan fingerprint density at radius 1 is 1.00 bits per heavy atom. The number of hydrogen-bond donors (Lipinski definition) is 2. The van der Waals surface area contributed by atoms with Gasteiger partial charge in [0.1, 0.15) is 12.4 Å². The van der Waals surface area contributed by atoms with Gasteiger partial charge < -0.3 is 10.1 Å². The Morgan fingerprint density at radius 3 is 2.54 bits per heavy atom. The third kappa shape index (κ3) is 5.96. The van der Waals surface area contributed by atoms with E-state index in [9.17, 15) is 0 Å². The molecule has 0 bridgehead atoms. The fourth-order valence-electron chi connectivity index (χ4n) is 2.35. The highest BCUT2D eigenvalue weighted by Crippen LogP contribution is 2.23. The number of nitrogens with zero attached hydrogens (tertiary/aromatic N) is 1. The molecule has 0 aliphatic carbocycles. The molecule has 0 radical (unpaired) electrons. The van der Waals surface area contributed by atoms with Gasteiger partial charge in [0, 0.05) is 26.9 Å². The summed E-state index contributed by atoms with van der Waals surface area (Å²) < 4.78 is 5.90. The Bertz CT molecular complexity index is 980. The molecule has 0 saturated carbocycles. The molecule has 2 N–H and O–H groups in total. The summed E-state index contributed by atoms with van der Waals surface area (Å²) in [7, 11) is 0. The van der Waals surface area contributed by atoms with Crippen LogP contribution in [0, 0.1) is 0 Å². The molecule has 0 heterocycles. The van der Waals surface area contributed by atoms with Gasteiger partial charge in [0.15, 0.2) is 5.11 Å². The lowest BCUT2D eigenvalue weighted by atomic mass is 10.2. The smallest absolute Gasteiger partial charge is 0.191 e. The fourth-order valence-corrected chi connectivity index (χ4v) is 2.99. The van der Waals surface area contributed by atoms with E-state index in [1.807, 2.05) is 60.7 Å². The Hall–Kier alpha value is -2.60. The maximum atomic E-state index is 6.20. The highest BCUT2D eigenvalue weighted by molar-refractivity contribution is 7.80. The zero-order valence-corrected chi connectivity index (χ0v) is 17.1. The summed E-state index contributed by atoms with van der Waals surface area (Å²) in [6.45, 7) is 0.322. The molecule has 0 aliphatic heterocycles. The van der Waals surface area contributed by atoms with Crippen LogP contribution in [0.15, 0.2) is 77.9 Å². The second-order valence-corrected chi connectivity index (χ2v) is 7.00. The van der Waals surface area contributed by atoms with Crippen molar-refractivity contribution in [2.45, 2.75) is 6.61 Å². The van der Waals surface area contributed by atoms with E-state index >= 15 is 0 Å². The van der Waals surface area contributed by atoms with Crippen molar-refractivity contribution in [1.29, 1.82) is 0 Å². The van der Waals surface area contributed by atoms with Gasteiger partial charge in [0.05, 0.1) is 6.21 Å². The fraction of sp³-hybridized carbons (Fsp3) is 0.0476. The average molecular weight is 430 g/mol. The second kappa shape index (κ2) is 10.1. The second-order valence-electron chi connectivity index (χ2n) is 5.75. The van der Waals surface area contributed by atoms with E-state index in [0.29, 0.717) is 27.5 Å². The molecule has 0 saturated heterocycles. The van der Waals surface area contributed by atoms with Crippen molar-refractivity contribution in [3.63, 3.8) is 0 Å². The SMILES string of the molecule is S=C(N/N=C/c1ccccc1OCc1ccc(Cl)cc1Cl)Nc1ccccc1. The average Bonchev–Trinajstić information content (AvgIpc) is 2.69. The number of para-hydroxylation sites is 2. The first-order chi connectivity index (χ1) is 13.6. The molecule has 0 spiro atoms. The lowest BCUT2D eigenvalue weighted by Crippen LogP contribution is -2.23. The first-order valence-corrected chi connectivity index (χ1v) is 9.59.